The molecule has 2 N–H and O–H groups in total. The molecule has 1 aliphatic carbocycles. The van der Waals surface area contributed by atoms with Crippen molar-refractivity contribution in [2.24, 2.45) is 0 Å². The summed E-state index contributed by atoms with van der Waals surface area (Å²) in [5.41, 5.74) is 1.19. The number of benzene rings is 1. The summed E-state index contributed by atoms with van der Waals surface area (Å²) in [6, 6.07) is 7.83. The summed E-state index contributed by atoms with van der Waals surface area (Å²) in [4.78, 5) is 24.3. The summed E-state index contributed by atoms with van der Waals surface area (Å²) in [7, 11) is 0. The normalized spacial score (nSPS) is 15.1. The topological polar surface area (TPSA) is 58.2 Å². The van der Waals surface area contributed by atoms with Gasteiger partial charge in [0.2, 0.25) is 5.91 Å². The molecule has 0 saturated heterocycles. The van der Waals surface area contributed by atoms with Crippen molar-refractivity contribution in [3.05, 3.63) is 29.8 Å². The zero-order valence-electron chi connectivity index (χ0n) is 11.6. The van der Waals surface area contributed by atoms with Crippen molar-refractivity contribution in [2.75, 3.05) is 5.75 Å². The van der Waals surface area contributed by atoms with Gasteiger partial charge in [-0.25, -0.2) is 4.79 Å². The van der Waals surface area contributed by atoms with E-state index in [1.807, 2.05) is 31.2 Å². The van der Waals surface area contributed by atoms with E-state index < -0.39 is 0 Å². The molecule has 0 atom stereocenters. The Bertz CT molecular complexity index is 467. The van der Waals surface area contributed by atoms with Crippen molar-refractivity contribution >= 4 is 23.7 Å². The third-order valence-electron chi connectivity index (χ3n) is 3.33. The smallest absolute Gasteiger partial charge is 0.321 e. The van der Waals surface area contributed by atoms with Crippen LogP contribution >= 0.6 is 11.8 Å². The molecule has 0 unspecified atom stereocenters. The highest BCUT2D eigenvalue weighted by molar-refractivity contribution is 8.00. The van der Waals surface area contributed by atoms with Crippen molar-refractivity contribution in [3.8, 4) is 0 Å². The number of amides is 3. The molecule has 0 bridgehead atoms. The fraction of sp³-hybridized carbons (Fsp3) is 0.467. The number of carbonyl (C=O) groups is 2. The Morgan fingerprint density at radius 3 is 2.50 bits per heavy atom. The van der Waals surface area contributed by atoms with Gasteiger partial charge in [-0.3, -0.25) is 10.1 Å². The number of thioether (sulfide) groups is 1. The summed E-state index contributed by atoms with van der Waals surface area (Å²) in [6.45, 7) is 2.02. The van der Waals surface area contributed by atoms with E-state index in [4.69, 9.17) is 0 Å². The van der Waals surface area contributed by atoms with Crippen LogP contribution in [0.3, 0.4) is 0 Å². The Morgan fingerprint density at radius 2 is 1.85 bits per heavy atom. The summed E-state index contributed by atoms with van der Waals surface area (Å²) in [5, 5.41) is 5.21. The third-order valence-corrected chi connectivity index (χ3v) is 4.35. The van der Waals surface area contributed by atoms with Gasteiger partial charge in [-0.1, -0.05) is 30.5 Å². The molecule has 0 radical (unpaired) electrons. The fourth-order valence-corrected chi connectivity index (χ4v) is 2.94. The van der Waals surface area contributed by atoms with Gasteiger partial charge >= 0.3 is 6.03 Å². The van der Waals surface area contributed by atoms with Crippen LogP contribution < -0.4 is 10.6 Å². The number of imide groups is 1. The summed E-state index contributed by atoms with van der Waals surface area (Å²) < 4.78 is 0. The molecule has 0 spiro atoms. The Balaban J connectivity index is 1.69. The van der Waals surface area contributed by atoms with Crippen molar-refractivity contribution in [1.82, 2.24) is 10.6 Å². The fourth-order valence-electron chi connectivity index (χ4n) is 2.24. The molecule has 1 fully saturated rings. The number of rotatable bonds is 4. The van der Waals surface area contributed by atoms with Gasteiger partial charge in [0.1, 0.15) is 0 Å². The summed E-state index contributed by atoms with van der Waals surface area (Å²) in [5.74, 6) is -0.00713. The molecule has 5 heteroatoms. The highest BCUT2D eigenvalue weighted by atomic mass is 32.2. The average molecular weight is 292 g/mol. The minimum absolute atomic E-state index is 0.229. The van der Waals surface area contributed by atoms with Crippen LogP contribution in [0.5, 0.6) is 0 Å². The van der Waals surface area contributed by atoms with Gasteiger partial charge in [0.15, 0.2) is 0 Å². The van der Waals surface area contributed by atoms with Gasteiger partial charge in [0, 0.05) is 10.9 Å². The van der Waals surface area contributed by atoms with Crippen LogP contribution in [-0.4, -0.2) is 23.7 Å². The highest BCUT2D eigenvalue weighted by Crippen LogP contribution is 2.18. The second kappa shape index (κ2) is 7.33. The predicted octanol–water partition coefficient (Wildman–Crippen LogP) is 2.86. The molecule has 20 heavy (non-hydrogen) atoms. The molecule has 4 nitrogen and oxygen atoms in total. The van der Waals surface area contributed by atoms with E-state index in [1.165, 1.54) is 17.3 Å². The van der Waals surface area contributed by atoms with E-state index in [0.717, 1.165) is 30.6 Å². The van der Waals surface area contributed by atoms with Crippen molar-refractivity contribution < 1.29 is 9.59 Å². The SMILES string of the molecule is Cc1ccc(SCC(=O)NC(=O)NC2CCCC2)cc1. The van der Waals surface area contributed by atoms with E-state index in [2.05, 4.69) is 10.6 Å². The first-order valence-corrected chi connectivity index (χ1v) is 7.92. The highest BCUT2D eigenvalue weighted by Gasteiger charge is 2.18. The summed E-state index contributed by atoms with van der Waals surface area (Å²) in [6.07, 6.45) is 4.34. The van der Waals surface area contributed by atoms with Gasteiger partial charge in [-0.2, -0.15) is 0 Å². The van der Waals surface area contributed by atoms with Crippen LogP contribution in [0.1, 0.15) is 31.2 Å². The monoisotopic (exact) mass is 292 g/mol. The quantitative estimate of drug-likeness (QED) is 0.839. The van der Waals surface area contributed by atoms with Crippen LogP contribution in [0.2, 0.25) is 0 Å². The molecule has 1 saturated carbocycles. The van der Waals surface area contributed by atoms with Crippen LogP contribution in [0.4, 0.5) is 4.79 Å². The molecule has 1 aliphatic rings. The van der Waals surface area contributed by atoms with E-state index in [9.17, 15) is 9.59 Å². The maximum Gasteiger partial charge on any atom is 0.321 e. The van der Waals surface area contributed by atoms with Crippen molar-refractivity contribution in [2.45, 2.75) is 43.5 Å². The summed E-state index contributed by atoms with van der Waals surface area (Å²) >= 11 is 1.43. The standard InChI is InChI=1S/C15H20N2O2S/c1-11-6-8-13(9-7-11)20-10-14(18)17-15(19)16-12-4-2-3-5-12/h6-9,12H,2-5,10H2,1H3,(H2,16,17,18,19). The Kier molecular flexibility index (Phi) is 5.47. The van der Waals surface area contributed by atoms with Gasteiger partial charge < -0.3 is 5.32 Å². The van der Waals surface area contributed by atoms with Gasteiger partial charge in [-0.05, 0) is 31.9 Å². The van der Waals surface area contributed by atoms with Gasteiger partial charge in [0.05, 0.1) is 5.75 Å². The Morgan fingerprint density at radius 1 is 1.20 bits per heavy atom. The van der Waals surface area contributed by atoms with E-state index in [-0.39, 0.29) is 23.7 Å². The lowest BCUT2D eigenvalue weighted by Crippen LogP contribution is -2.44. The molecular weight excluding hydrogens is 272 g/mol. The number of hydrogen-bond acceptors (Lipinski definition) is 3. The molecule has 3 amide bonds. The van der Waals surface area contributed by atoms with Gasteiger partial charge in [-0.15, -0.1) is 11.8 Å². The lowest BCUT2D eigenvalue weighted by atomic mass is 10.2. The second-order valence-corrected chi connectivity index (χ2v) is 6.15. The Labute approximate surface area is 123 Å². The largest absolute Gasteiger partial charge is 0.335 e. The number of aryl methyl sites for hydroxylation is 1. The molecule has 0 aliphatic heterocycles. The first-order chi connectivity index (χ1) is 9.63. The first-order valence-electron chi connectivity index (χ1n) is 6.93. The molecule has 0 aromatic heterocycles. The number of nitrogens with one attached hydrogen (secondary N) is 2. The molecule has 2 rings (SSSR count). The number of hydrogen-bond donors (Lipinski definition) is 2. The van der Waals surface area contributed by atoms with Crippen molar-refractivity contribution in [1.29, 1.82) is 0 Å². The van der Waals surface area contributed by atoms with Crippen LogP contribution in [-0.2, 0) is 4.79 Å². The second-order valence-electron chi connectivity index (χ2n) is 5.10. The minimum atomic E-state index is -0.369. The lowest BCUT2D eigenvalue weighted by Gasteiger charge is -2.12. The zero-order valence-corrected chi connectivity index (χ0v) is 12.5. The first kappa shape index (κ1) is 14.9. The average Bonchev–Trinajstić information content (AvgIpc) is 2.90. The van der Waals surface area contributed by atoms with Gasteiger partial charge in [0.25, 0.3) is 0 Å². The van der Waals surface area contributed by atoms with Crippen molar-refractivity contribution in [3.63, 3.8) is 0 Å². The van der Waals surface area contributed by atoms with Crippen LogP contribution in [0.15, 0.2) is 29.2 Å². The minimum Gasteiger partial charge on any atom is -0.335 e. The molecule has 108 valence electrons. The van der Waals surface area contributed by atoms with E-state index in [0.29, 0.717) is 0 Å². The van der Waals surface area contributed by atoms with E-state index >= 15 is 0 Å². The number of urea groups is 1. The molecule has 1 aromatic carbocycles. The molecular formula is C15H20N2O2S. The van der Waals surface area contributed by atoms with Crippen LogP contribution in [0, 0.1) is 6.92 Å². The van der Waals surface area contributed by atoms with E-state index in [1.54, 1.807) is 0 Å². The number of carbonyl (C=O) groups excluding carboxylic acids is 2. The molecule has 0 heterocycles. The predicted molar refractivity (Wildman–Crippen MR) is 80.8 cm³/mol. The maximum absolute atomic E-state index is 11.7. The Hall–Kier alpha value is -1.49. The zero-order chi connectivity index (χ0) is 14.4. The maximum atomic E-state index is 11.7. The lowest BCUT2D eigenvalue weighted by molar-refractivity contribution is -0.117. The third kappa shape index (κ3) is 4.89. The van der Waals surface area contributed by atoms with Crippen LogP contribution in [0.25, 0.3) is 0 Å². The molecule has 1 aromatic rings.